The Hall–Kier alpha value is -3.00. The summed E-state index contributed by atoms with van der Waals surface area (Å²) in [4.78, 5) is 26.9. The number of thiocarbonyl (C=S) groups is 1. The fourth-order valence-corrected chi connectivity index (χ4v) is 4.32. The third-order valence-electron chi connectivity index (χ3n) is 4.33. The van der Waals surface area contributed by atoms with Gasteiger partial charge in [0.05, 0.1) is 16.2 Å². The molecule has 31 heavy (non-hydrogen) atoms. The van der Waals surface area contributed by atoms with Crippen LogP contribution in [0.5, 0.6) is 5.75 Å². The van der Waals surface area contributed by atoms with Gasteiger partial charge in [0.15, 0.2) is 4.32 Å². The van der Waals surface area contributed by atoms with E-state index < -0.39 is 11.8 Å². The largest absolute Gasteiger partial charge is 0.423 e. The van der Waals surface area contributed by atoms with Crippen molar-refractivity contribution in [2.24, 2.45) is 0 Å². The van der Waals surface area contributed by atoms with Gasteiger partial charge in [-0.25, -0.2) is 9.18 Å². The molecule has 0 unspecified atom stereocenters. The van der Waals surface area contributed by atoms with Crippen LogP contribution in [0.15, 0.2) is 77.7 Å². The first-order valence-corrected chi connectivity index (χ1v) is 10.6. The predicted molar refractivity (Wildman–Crippen MR) is 125 cm³/mol. The number of benzene rings is 3. The maximum atomic E-state index is 13.0. The Morgan fingerprint density at radius 3 is 2.45 bits per heavy atom. The average Bonchev–Trinajstić information content (AvgIpc) is 3.02. The van der Waals surface area contributed by atoms with Crippen molar-refractivity contribution in [1.29, 1.82) is 0 Å². The van der Waals surface area contributed by atoms with E-state index in [0.717, 1.165) is 5.56 Å². The van der Waals surface area contributed by atoms with Crippen LogP contribution in [-0.4, -0.2) is 16.2 Å². The number of nitrogens with zero attached hydrogens (tertiary/aromatic N) is 1. The van der Waals surface area contributed by atoms with Gasteiger partial charge in [-0.1, -0.05) is 53.8 Å². The molecule has 0 N–H and O–H groups in total. The molecule has 1 amide bonds. The summed E-state index contributed by atoms with van der Waals surface area (Å²) in [6.45, 7) is 0. The van der Waals surface area contributed by atoms with Crippen molar-refractivity contribution in [2.75, 3.05) is 4.90 Å². The van der Waals surface area contributed by atoms with E-state index >= 15 is 0 Å². The first kappa shape index (κ1) is 21.2. The summed E-state index contributed by atoms with van der Waals surface area (Å²) in [5.41, 5.74) is 1.60. The highest BCUT2D eigenvalue weighted by Crippen LogP contribution is 2.36. The van der Waals surface area contributed by atoms with Gasteiger partial charge in [-0.15, -0.1) is 0 Å². The van der Waals surface area contributed by atoms with E-state index in [1.807, 2.05) is 0 Å². The number of ether oxygens (including phenoxy) is 1. The fourth-order valence-electron chi connectivity index (χ4n) is 2.84. The summed E-state index contributed by atoms with van der Waals surface area (Å²) in [6, 6.07) is 18.7. The summed E-state index contributed by atoms with van der Waals surface area (Å²) in [5.74, 6) is -0.918. The number of thioether (sulfide) groups is 1. The molecule has 0 spiro atoms. The van der Waals surface area contributed by atoms with Gasteiger partial charge in [-0.3, -0.25) is 9.69 Å². The summed E-state index contributed by atoms with van der Waals surface area (Å²) < 4.78 is 18.7. The standard InChI is InChI=1S/C23H13ClFNO3S2/c24-16-2-1-3-18(13-16)26-21(27)20(31-23(26)30)12-14-4-10-19(11-5-14)29-22(28)15-6-8-17(25)9-7-15/h1-13H/b20-12-. The lowest BCUT2D eigenvalue weighted by molar-refractivity contribution is -0.113. The summed E-state index contributed by atoms with van der Waals surface area (Å²) in [5, 5.41) is 0.515. The molecule has 154 valence electrons. The van der Waals surface area contributed by atoms with Crippen LogP contribution in [-0.2, 0) is 4.79 Å². The second kappa shape index (κ2) is 9.01. The lowest BCUT2D eigenvalue weighted by Crippen LogP contribution is -2.27. The zero-order chi connectivity index (χ0) is 22.0. The number of hydrogen-bond donors (Lipinski definition) is 0. The number of carbonyl (C=O) groups excluding carboxylic acids is 2. The molecule has 1 saturated heterocycles. The number of esters is 1. The van der Waals surface area contributed by atoms with Crippen molar-refractivity contribution in [3.8, 4) is 5.75 Å². The van der Waals surface area contributed by atoms with Gasteiger partial charge in [0.1, 0.15) is 11.6 Å². The molecule has 3 aromatic rings. The molecule has 4 nitrogen and oxygen atoms in total. The first-order valence-electron chi connectivity index (χ1n) is 9.02. The Morgan fingerprint density at radius 2 is 1.77 bits per heavy atom. The second-order valence-electron chi connectivity index (χ2n) is 6.46. The summed E-state index contributed by atoms with van der Waals surface area (Å²) >= 11 is 12.6. The van der Waals surface area contributed by atoms with Crippen LogP contribution in [0.25, 0.3) is 6.08 Å². The topological polar surface area (TPSA) is 46.6 Å². The monoisotopic (exact) mass is 469 g/mol. The van der Waals surface area contributed by atoms with Crippen LogP contribution in [0.3, 0.4) is 0 Å². The molecule has 3 aromatic carbocycles. The van der Waals surface area contributed by atoms with Gasteiger partial charge in [0.2, 0.25) is 0 Å². The Labute approximate surface area is 192 Å². The van der Waals surface area contributed by atoms with E-state index in [1.165, 1.54) is 40.9 Å². The first-order chi connectivity index (χ1) is 14.9. The van der Waals surface area contributed by atoms with Crippen molar-refractivity contribution in [1.82, 2.24) is 0 Å². The molecule has 0 bridgehead atoms. The zero-order valence-corrected chi connectivity index (χ0v) is 18.1. The Kier molecular flexibility index (Phi) is 6.18. The molecule has 0 radical (unpaired) electrons. The Morgan fingerprint density at radius 1 is 1.06 bits per heavy atom. The number of hydrogen-bond acceptors (Lipinski definition) is 5. The third kappa shape index (κ3) is 4.85. The maximum absolute atomic E-state index is 13.0. The second-order valence-corrected chi connectivity index (χ2v) is 8.57. The number of amides is 1. The minimum atomic E-state index is -0.588. The van der Waals surface area contributed by atoms with Crippen molar-refractivity contribution < 1.29 is 18.7 Å². The van der Waals surface area contributed by atoms with E-state index in [0.29, 0.717) is 25.7 Å². The van der Waals surface area contributed by atoms with Gasteiger partial charge in [-0.2, -0.15) is 0 Å². The molecule has 0 aliphatic carbocycles. The van der Waals surface area contributed by atoms with Crippen LogP contribution in [0.2, 0.25) is 5.02 Å². The molecular weight excluding hydrogens is 457 g/mol. The number of carbonyl (C=O) groups is 2. The van der Waals surface area contributed by atoms with E-state index in [4.69, 9.17) is 28.6 Å². The van der Waals surface area contributed by atoms with Gasteiger partial charge in [0.25, 0.3) is 5.91 Å². The maximum Gasteiger partial charge on any atom is 0.343 e. The van der Waals surface area contributed by atoms with Gasteiger partial charge >= 0.3 is 5.97 Å². The number of anilines is 1. The van der Waals surface area contributed by atoms with Crippen LogP contribution in [0, 0.1) is 5.82 Å². The Balaban J connectivity index is 1.48. The third-order valence-corrected chi connectivity index (χ3v) is 5.87. The molecule has 1 aliphatic rings. The number of rotatable bonds is 4. The highest BCUT2D eigenvalue weighted by Gasteiger charge is 2.33. The Bertz CT molecular complexity index is 1210. The zero-order valence-electron chi connectivity index (χ0n) is 15.7. The van der Waals surface area contributed by atoms with E-state index in [-0.39, 0.29) is 11.5 Å². The fraction of sp³-hybridized carbons (Fsp3) is 0. The van der Waals surface area contributed by atoms with Crippen molar-refractivity contribution in [3.05, 3.63) is 99.7 Å². The van der Waals surface area contributed by atoms with Gasteiger partial charge in [0, 0.05) is 5.02 Å². The minimum absolute atomic E-state index is 0.232. The molecular formula is C23H13ClFNO3S2. The van der Waals surface area contributed by atoms with Gasteiger partial charge in [-0.05, 0) is 66.2 Å². The lowest BCUT2D eigenvalue weighted by Gasteiger charge is -2.14. The molecule has 8 heteroatoms. The molecule has 1 fully saturated rings. The molecule has 0 atom stereocenters. The summed E-state index contributed by atoms with van der Waals surface area (Å²) in [7, 11) is 0. The quantitative estimate of drug-likeness (QED) is 0.200. The van der Waals surface area contributed by atoms with Crippen molar-refractivity contribution in [2.45, 2.75) is 0 Å². The predicted octanol–water partition coefficient (Wildman–Crippen LogP) is 6.10. The van der Waals surface area contributed by atoms with Crippen molar-refractivity contribution in [3.63, 3.8) is 0 Å². The molecule has 1 heterocycles. The highest BCUT2D eigenvalue weighted by atomic mass is 35.5. The van der Waals surface area contributed by atoms with Crippen LogP contribution >= 0.6 is 35.6 Å². The molecule has 1 aliphatic heterocycles. The SMILES string of the molecule is O=C(Oc1ccc(/C=C2\SC(=S)N(c3cccc(Cl)c3)C2=O)cc1)c1ccc(F)cc1. The normalized spacial score (nSPS) is 14.9. The van der Waals surface area contributed by atoms with Crippen LogP contribution in [0.1, 0.15) is 15.9 Å². The molecule has 0 aromatic heterocycles. The highest BCUT2D eigenvalue weighted by molar-refractivity contribution is 8.27. The van der Waals surface area contributed by atoms with E-state index in [2.05, 4.69) is 0 Å². The van der Waals surface area contributed by atoms with Crippen molar-refractivity contribution >= 4 is 63.5 Å². The van der Waals surface area contributed by atoms with Crippen LogP contribution < -0.4 is 9.64 Å². The molecule has 4 rings (SSSR count). The van der Waals surface area contributed by atoms with E-state index in [1.54, 1.807) is 54.6 Å². The average molecular weight is 470 g/mol. The van der Waals surface area contributed by atoms with Crippen LogP contribution in [0.4, 0.5) is 10.1 Å². The van der Waals surface area contributed by atoms with Gasteiger partial charge < -0.3 is 4.74 Å². The smallest absolute Gasteiger partial charge is 0.343 e. The molecule has 0 saturated carbocycles. The minimum Gasteiger partial charge on any atom is -0.423 e. The lowest BCUT2D eigenvalue weighted by atomic mass is 10.2. The van der Waals surface area contributed by atoms with E-state index in [9.17, 15) is 14.0 Å². The summed E-state index contributed by atoms with van der Waals surface area (Å²) in [6.07, 6.45) is 1.72. The number of halogens is 2.